The minimum Gasteiger partial charge on any atom is -0.359 e. The zero-order valence-corrected chi connectivity index (χ0v) is 13.9. The van der Waals surface area contributed by atoms with Crippen molar-refractivity contribution in [2.75, 3.05) is 44.6 Å². The van der Waals surface area contributed by atoms with Gasteiger partial charge in [0, 0.05) is 62.3 Å². The third-order valence-corrected chi connectivity index (χ3v) is 5.65. The standard InChI is InChI=1S/C17H24N4S/c1-17-11-20-7-8-21(12-17)10-13(9-20)15(17)19-16(22)18-14-5-3-2-4-6-14/h2-6,13,15H,7-12H2,1H3,(H2,18,19,22)/t13?,15-,17?/m0/s1. The molecule has 4 nitrogen and oxygen atoms in total. The van der Waals surface area contributed by atoms with E-state index in [1.54, 1.807) is 0 Å². The SMILES string of the molecule is CC12CN3CCN(CC(C3)[C@@H]1NC(=S)Nc1ccccc1)C2. The topological polar surface area (TPSA) is 30.5 Å². The average Bonchev–Trinajstić information content (AvgIpc) is 2.71. The van der Waals surface area contributed by atoms with E-state index < -0.39 is 0 Å². The average molecular weight is 316 g/mol. The molecule has 2 N–H and O–H groups in total. The molecular weight excluding hydrogens is 292 g/mol. The van der Waals surface area contributed by atoms with Crippen molar-refractivity contribution in [2.45, 2.75) is 13.0 Å². The maximum Gasteiger partial charge on any atom is 0.171 e. The summed E-state index contributed by atoms with van der Waals surface area (Å²) in [6.45, 7) is 9.66. The molecule has 0 amide bonds. The van der Waals surface area contributed by atoms with Gasteiger partial charge in [-0.15, -0.1) is 0 Å². The Morgan fingerprint density at radius 1 is 1.14 bits per heavy atom. The highest BCUT2D eigenvalue weighted by molar-refractivity contribution is 7.80. The zero-order valence-electron chi connectivity index (χ0n) is 13.1. The molecule has 4 aliphatic rings. The highest BCUT2D eigenvalue weighted by atomic mass is 32.1. The normalized spacial score (nSPS) is 39.3. The van der Waals surface area contributed by atoms with E-state index in [1.165, 1.54) is 39.3 Å². The molecular formula is C17H24N4S. The third kappa shape index (κ3) is 2.62. The monoisotopic (exact) mass is 316 g/mol. The molecule has 0 aliphatic carbocycles. The predicted octanol–water partition coefficient (Wildman–Crippen LogP) is 1.61. The lowest BCUT2D eigenvalue weighted by molar-refractivity contribution is -0.0121. The molecule has 3 atom stereocenters. The number of thiocarbonyl (C=S) groups is 1. The van der Waals surface area contributed by atoms with Crippen molar-refractivity contribution in [1.29, 1.82) is 0 Å². The Morgan fingerprint density at radius 2 is 1.77 bits per heavy atom. The summed E-state index contributed by atoms with van der Waals surface area (Å²) < 4.78 is 0. The van der Waals surface area contributed by atoms with Crippen molar-refractivity contribution in [3.05, 3.63) is 30.3 Å². The van der Waals surface area contributed by atoms with Crippen LogP contribution >= 0.6 is 12.2 Å². The molecule has 4 aliphatic heterocycles. The summed E-state index contributed by atoms with van der Waals surface area (Å²) in [4.78, 5) is 5.28. The van der Waals surface area contributed by atoms with Gasteiger partial charge in [0.15, 0.2) is 5.11 Å². The molecule has 5 rings (SSSR count). The lowest BCUT2D eigenvalue weighted by Gasteiger charge is -2.54. The molecule has 4 saturated heterocycles. The molecule has 1 aromatic rings. The molecule has 0 radical (unpaired) electrons. The van der Waals surface area contributed by atoms with Crippen molar-refractivity contribution < 1.29 is 0 Å². The van der Waals surface area contributed by atoms with Crippen LogP contribution in [0.25, 0.3) is 0 Å². The van der Waals surface area contributed by atoms with Gasteiger partial charge >= 0.3 is 0 Å². The summed E-state index contributed by atoms with van der Waals surface area (Å²) in [5, 5.41) is 7.73. The Hall–Kier alpha value is -1.17. The van der Waals surface area contributed by atoms with Crippen LogP contribution in [0.1, 0.15) is 6.92 Å². The number of nitrogens with one attached hydrogen (secondary N) is 2. The van der Waals surface area contributed by atoms with E-state index in [2.05, 4.69) is 39.5 Å². The zero-order chi connectivity index (χ0) is 15.2. The highest BCUT2D eigenvalue weighted by Gasteiger charge is 2.51. The lowest BCUT2D eigenvalue weighted by Crippen LogP contribution is -2.67. The molecule has 4 fully saturated rings. The molecule has 5 heteroatoms. The number of benzene rings is 1. The van der Waals surface area contributed by atoms with E-state index in [9.17, 15) is 0 Å². The van der Waals surface area contributed by atoms with Crippen molar-refractivity contribution in [1.82, 2.24) is 15.1 Å². The van der Waals surface area contributed by atoms with Crippen LogP contribution in [0.3, 0.4) is 0 Å². The van der Waals surface area contributed by atoms with Gasteiger partial charge in [-0.3, -0.25) is 0 Å². The Morgan fingerprint density at radius 3 is 2.36 bits per heavy atom. The Balaban J connectivity index is 1.47. The summed E-state index contributed by atoms with van der Waals surface area (Å²) in [5.74, 6) is 0.672. The second-order valence-corrected chi connectivity index (χ2v) is 7.73. The number of hydrogen-bond acceptors (Lipinski definition) is 3. The van der Waals surface area contributed by atoms with Crippen LogP contribution < -0.4 is 10.6 Å². The Labute approximate surface area is 137 Å². The van der Waals surface area contributed by atoms with Gasteiger partial charge in [0.25, 0.3) is 0 Å². The quantitative estimate of drug-likeness (QED) is 0.810. The van der Waals surface area contributed by atoms with Crippen LogP contribution in [0.4, 0.5) is 5.69 Å². The van der Waals surface area contributed by atoms with Crippen molar-refractivity contribution in [3.8, 4) is 0 Å². The minimum absolute atomic E-state index is 0.292. The van der Waals surface area contributed by atoms with Gasteiger partial charge in [0.05, 0.1) is 0 Å². The molecule has 4 bridgehead atoms. The maximum atomic E-state index is 5.57. The van der Waals surface area contributed by atoms with Crippen LogP contribution in [-0.2, 0) is 0 Å². The maximum absolute atomic E-state index is 5.57. The van der Waals surface area contributed by atoms with Gasteiger partial charge in [-0.25, -0.2) is 0 Å². The fourth-order valence-electron chi connectivity index (χ4n) is 4.64. The van der Waals surface area contributed by atoms with Gasteiger partial charge < -0.3 is 20.4 Å². The number of piperidine rings is 2. The number of para-hydroxylation sites is 1. The molecule has 2 unspecified atom stereocenters. The minimum atomic E-state index is 0.292. The van der Waals surface area contributed by atoms with E-state index >= 15 is 0 Å². The second-order valence-electron chi connectivity index (χ2n) is 7.33. The second kappa shape index (κ2) is 5.48. The molecule has 22 heavy (non-hydrogen) atoms. The molecule has 0 saturated carbocycles. The van der Waals surface area contributed by atoms with E-state index in [0.29, 0.717) is 17.4 Å². The first-order valence-electron chi connectivity index (χ1n) is 8.20. The van der Waals surface area contributed by atoms with Gasteiger partial charge in [-0.05, 0) is 24.4 Å². The Kier molecular flexibility index (Phi) is 3.59. The van der Waals surface area contributed by atoms with Crippen LogP contribution in [0.2, 0.25) is 0 Å². The van der Waals surface area contributed by atoms with E-state index in [0.717, 1.165) is 10.8 Å². The van der Waals surface area contributed by atoms with E-state index in [-0.39, 0.29) is 0 Å². The third-order valence-electron chi connectivity index (χ3n) is 5.43. The molecule has 0 spiro atoms. The summed E-state index contributed by atoms with van der Waals surface area (Å²) in [5.41, 5.74) is 1.35. The van der Waals surface area contributed by atoms with Gasteiger partial charge in [0.2, 0.25) is 0 Å². The van der Waals surface area contributed by atoms with E-state index in [4.69, 9.17) is 12.2 Å². The molecule has 4 heterocycles. The van der Waals surface area contributed by atoms with Crippen molar-refractivity contribution in [3.63, 3.8) is 0 Å². The van der Waals surface area contributed by atoms with Crippen LogP contribution in [0.5, 0.6) is 0 Å². The predicted molar refractivity (Wildman–Crippen MR) is 94.1 cm³/mol. The number of nitrogens with zero attached hydrogens (tertiary/aromatic N) is 2. The largest absolute Gasteiger partial charge is 0.359 e. The van der Waals surface area contributed by atoms with Gasteiger partial charge in [0.1, 0.15) is 0 Å². The molecule has 0 aromatic heterocycles. The van der Waals surface area contributed by atoms with Crippen molar-refractivity contribution in [2.24, 2.45) is 11.3 Å². The van der Waals surface area contributed by atoms with Crippen molar-refractivity contribution >= 4 is 23.0 Å². The summed E-state index contributed by atoms with van der Waals surface area (Å²) in [6, 6.07) is 10.7. The smallest absolute Gasteiger partial charge is 0.171 e. The van der Waals surface area contributed by atoms with Gasteiger partial charge in [-0.1, -0.05) is 25.1 Å². The first-order valence-corrected chi connectivity index (χ1v) is 8.60. The Bertz CT molecular complexity index is 545. The summed E-state index contributed by atoms with van der Waals surface area (Å²) in [7, 11) is 0. The fraction of sp³-hybridized carbons (Fsp3) is 0.588. The lowest BCUT2D eigenvalue weighted by atomic mass is 9.69. The summed E-state index contributed by atoms with van der Waals surface area (Å²) in [6.07, 6.45) is 0. The number of anilines is 1. The fourth-order valence-corrected chi connectivity index (χ4v) is 4.89. The highest BCUT2D eigenvalue weighted by Crippen LogP contribution is 2.40. The van der Waals surface area contributed by atoms with Gasteiger partial charge in [-0.2, -0.15) is 0 Å². The first-order chi connectivity index (χ1) is 10.6. The molecule has 1 aromatic carbocycles. The summed E-state index contributed by atoms with van der Waals surface area (Å²) >= 11 is 5.57. The van der Waals surface area contributed by atoms with Crippen LogP contribution in [-0.4, -0.2) is 60.2 Å². The van der Waals surface area contributed by atoms with Crippen LogP contribution in [0, 0.1) is 11.3 Å². The van der Waals surface area contributed by atoms with E-state index in [1.807, 2.05) is 18.2 Å². The number of hydrogen-bond donors (Lipinski definition) is 2. The number of rotatable bonds is 2. The number of fused-ring (bicyclic) bond motifs is 1. The molecule has 118 valence electrons. The van der Waals surface area contributed by atoms with Crippen LogP contribution in [0.15, 0.2) is 30.3 Å². The first kappa shape index (κ1) is 14.4.